The molecule has 0 radical (unpaired) electrons. The minimum atomic E-state index is -1.73. The third-order valence-corrected chi connectivity index (χ3v) is 9.00. The van der Waals surface area contributed by atoms with Gasteiger partial charge in [-0.2, -0.15) is 0 Å². The quantitative estimate of drug-likeness (QED) is 0.763. The molecule has 0 aromatic rings. The third-order valence-electron chi connectivity index (χ3n) is 4.50. The fourth-order valence-corrected chi connectivity index (χ4v) is 3.02. The number of rotatable bonds is 5. The lowest BCUT2D eigenvalue weighted by Gasteiger charge is -2.37. The van der Waals surface area contributed by atoms with Crippen LogP contribution in [0.15, 0.2) is 48.6 Å². The van der Waals surface area contributed by atoms with E-state index in [4.69, 9.17) is 13.9 Å². The maximum Gasteiger partial charge on any atom is 0.232 e. The summed E-state index contributed by atoms with van der Waals surface area (Å²) in [6, 6.07) is 0. The van der Waals surface area contributed by atoms with Gasteiger partial charge in [0.15, 0.2) is 14.6 Å². The highest BCUT2D eigenvalue weighted by atomic mass is 28.4. The fraction of sp³-hybridized carbons (Fsp3) is 0.529. The Balaban J connectivity index is 1.96. The zero-order valence-electron chi connectivity index (χ0n) is 14.2. The number of nitrogens with one attached hydrogen (secondary N) is 1. The van der Waals surface area contributed by atoms with Crippen molar-refractivity contribution in [2.45, 2.75) is 45.3 Å². The third kappa shape index (κ3) is 4.27. The number of allylic oxidation sites excluding steroid dienone is 3. The van der Waals surface area contributed by atoms with Crippen LogP contribution >= 0.6 is 0 Å². The van der Waals surface area contributed by atoms with E-state index in [2.05, 4.69) is 57.4 Å². The van der Waals surface area contributed by atoms with Crippen molar-refractivity contribution in [3.8, 4) is 0 Å². The van der Waals surface area contributed by atoms with Crippen molar-refractivity contribution in [2.24, 2.45) is 5.92 Å². The summed E-state index contributed by atoms with van der Waals surface area (Å²) in [7, 11) is -1.73. The molecule has 0 saturated carbocycles. The van der Waals surface area contributed by atoms with Crippen molar-refractivity contribution in [2.75, 3.05) is 6.61 Å². The Morgan fingerprint density at radius 1 is 1.32 bits per heavy atom. The molecule has 4 nitrogen and oxygen atoms in total. The highest BCUT2D eigenvalue weighted by molar-refractivity contribution is 6.74. The molecule has 1 heterocycles. The van der Waals surface area contributed by atoms with E-state index in [-0.39, 0.29) is 5.04 Å². The van der Waals surface area contributed by atoms with Gasteiger partial charge in [0.2, 0.25) is 5.88 Å². The lowest BCUT2D eigenvalue weighted by atomic mass is 9.98. The summed E-state index contributed by atoms with van der Waals surface area (Å²) < 4.78 is 16.9. The zero-order valence-corrected chi connectivity index (χ0v) is 15.2. The maximum absolute atomic E-state index is 6.37. The van der Waals surface area contributed by atoms with E-state index in [1.807, 2.05) is 0 Å². The lowest BCUT2D eigenvalue weighted by molar-refractivity contribution is 0.220. The predicted molar refractivity (Wildman–Crippen MR) is 91.0 cm³/mol. The fourth-order valence-electron chi connectivity index (χ4n) is 1.97. The molecule has 0 amide bonds. The molecule has 0 aromatic carbocycles. The maximum atomic E-state index is 6.37. The van der Waals surface area contributed by atoms with Gasteiger partial charge in [0.1, 0.15) is 12.5 Å². The molecule has 122 valence electrons. The normalized spacial score (nSPS) is 21.6. The van der Waals surface area contributed by atoms with Crippen molar-refractivity contribution in [1.82, 2.24) is 5.32 Å². The van der Waals surface area contributed by atoms with E-state index in [1.165, 1.54) is 12.5 Å². The lowest BCUT2D eigenvalue weighted by Crippen LogP contribution is -2.42. The Kier molecular flexibility index (Phi) is 5.18. The Hall–Kier alpha value is -1.46. The van der Waals surface area contributed by atoms with Crippen LogP contribution in [0.1, 0.15) is 27.2 Å². The highest BCUT2D eigenvalue weighted by Gasteiger charge is 2.37. The summed E-state index contributed by atoms with van der Waals surface area (Å²) in [5, 5.41) is 3.52. The number of hydrogen-bond donors (Lipinski definition) is 1. The number of ether oxygens (including phenoxy) is 2. The minimum Gasteiger partial charge on any atom is -0.464 e. The molecule has 0 bridgehead atoms. The van der Waals surface area contributed by atoms with Crippen LogP contribution in [-0.4, -0.2) is 14.9 Å². The molecule has 0 saturated heterocycles. The molecule has 2 aliphatic rings. The van der Waals surface area contributed by atoms with Crippen LogP contribution in [0.5, 0.6) is 0 Å². The van der Waals surface area contributed by atoms with Gasteiger partial charge in [-0.25, -0.2) is 0 Å². The van der Waals surface area contributed by atoms with Crippen LogP contribution in [0.4, 0.5) is 0 Å². The Labute approximate surface area is 134 Å². The van der Waals surface area contributed by atoms with Crippen LogP contribution < -0.4 is 5.32 Å². The topological polar surface area (TPSA) is 39.7 Å². The summed E-state index contributed by atoms with van der Waals surface area (Å²) >= 11 is 0. The first-order valence-electron chi connectivity index (χ1n) is 7.74. The van der Waals surface area contributed by atoms with Crippen molar-refractivity contribution in [3.63, 3.8) is 0 Å². The van der Waals surface area contributed by atoms with Crippen molar-refractivity contribution in [1.29, 1.82) is 0 Å². The highest BCUT2D eigenvalue weighted by Crippen LogP contribution is 2.37. The summed E-state index contributed by atoms with van der Waals surface area (Å²) in [6.07, 6.45) is 11.9. The molecule has 1 aliphatic carbocycles. The van der Waals surface area contributed by atoms with Gasteiger partial charge in [-0.1, -0.05) is 32.9 Å². The van der Waals surface area contributed by atoms with Gasteiger partial charge in [-0.05, 0) is 30.6 Å². The first-order valence-corrected chi connectivity index (χ1v) is 10.7. The van der Waals surface area contributed by atoms with Crippen LogP contribution in [0.2, 0.25) is 18.1 Å². The summed E-state index contributed by atoms with van der Waals surface area (Å²) in [4.78, 5) is 0. The Morgan fingerprint density at radius 2 is 2.09 bits per heavy atom. The van der Waals surface area contributed by atoms with Gasteiger partial charge in [-0.3, -0.25) is 0 Å². The van der Waals surface area contributed by atoms with Crippen molar-refractivity contribution in [3.05, 3.63) is 48.6 Å². The van der Waals surface area contributed by atoms with E-state index in [0.717, 1.165) is 18.7 Å². The van der Waals surface area contributed by atoms with Gasteiger partial charge < -0.3 is 19.2 Å². The van der Waals surface area contributed by atoms with E-state index < -0.39 is 8.32 Å². The molecule has 2 rings (SSSR count). The molecule has 1 atom stereocenters. The molecular weight excluding hydrogens is 294 g/mol. The zero-order chi connectivity index (χ0) is 16.2. The number of hydrogen-bond acceptors (Lipinski definition) is 4. The molecule has 1 unspecified atom stereocenters. The molecule has 0 aromatic heterocycles. The van der Waals surface area contributed by atoms with Crippen LogP contribution in [0.25, 0.3) is 0 Å². The van der Waals surface area contributed by atoms with E-state index in [0.29, 0.717) is 11.8 Å². The van der Waals surface area contributed by atoms with E-state index >= 15 is 0 Å². The molecule has 0 fully saturated rings. The average molecular weight is 321 g/mol. The molecule has 5 heteroatoms. The van der Waals surface area contributed by atoms with Gasteiger partial charge in [0.05, 0.1) is 0 Å². The summed E-state index contributed by atoms with van der Waals surface area (Å²) in [5.74, 6) is 0.913. The standard InChI is InChI=1S/C17H27NO3Si/c1-17(2,3)22(4,5)21-12-14-8-6-7-9-15(14)18-16-13-19-10-11-20-16/h6-7,9-11,13-14,18H,8,12H2,1-5H3. The molecule has 22 heavy (non-hydrogen) atoms. The monoisotopic (exact) mass is 321 g/mol. The largest absolute Gasteiger partial charge is 0.464 e. The van der Waals surface area contributed by atoms with E-state index in [1.54, 1.807) is 6.26 Å². The summed E-state index contributed by atoms with van der Waals surface area (Å²) in [5.41, 5.74) is 1.10. The predicted octanol–water partition coefficient (Wildman–Crippen LogP) is 4.37. The first kappa shape index (κ1) is 16.9. The second-order valence-electron chi connectivity index (χ2n) is 7.19. The van der Waals surface area contributed by atoms with E-state index in [9.17, 15) is 0 Å². The SMILES string of the molecule is CC(C)(C)[Si](C)(C)OCC1CC=CC=C1NC1=COC=CO1. The van der Waals surface area contributed by atoms with Gasteiger partial charge in [-0.15, -0.1) is 0 Å². The van der Waals surface area contributed by atoms with Crippen LogP contribution in [-0.2, 0) is 13.9 Å². The van der Waals surface area contributed by atoms with Gasteiger partial charge >= 0.3 is 0 Å². The Bertz CT molecular complexity index is 512. The van der Waals surface area contributed by atoms with Gasteiger partial charge in [0, 0.05) is 18.2 Å². The first-order chi connectivity index (χ1) is 10.3. The average Bonchev–Trinajstić information content (AvgIpc) is 2.46. The molecule has 1 aliphatic heterocycles. The smallest absolute Gasteiger partial charge is 0.232 e. The second kappa shape index (κ2) is 6.75. The minimum absolute atomic E-state index is 0.225. The molecular formula is C17H27NO3Si. The second-order valence-corrected chi connectivity index (χ2v) is 12.0. The van der Waals surface area contributed by atoms with Crippen molar-refractivity contribution < 1.29 is 13.9 Å². The molecule has 0 spiro atoms. The van der Waals surface area contributed by atoms with Crippen LogP contribution in [0.3, 0.4) is 0 Å². The Morgan fingerprint density at radius 3 is 2.73 bits per heavy atom. The van der Waals surface area contributed by atoms with Gasteiger partial charge in [0.25, 0.3) is 0 Å². The van der Waals surface area contributed by atoms with Crippen LogP contribution in [0, 0.1) is 5.92 Å². The summed E-state index contributed by atoms with van der Waals surface area (Å²) in [6.45, 7) is 12.1. The van der Waals surface area contributed by atoms with Crippen molar-refractivity contribution >= 4 is 8.32 Å². The molecule has 1 N–H and O–H groups in total.